The van der Waals surface area contributed by atoms with Crippen molar-refractivity contribution in [2.24, 2.45) is 0 Å². The largest absolute Gasteiger partial charge is 0.360 e. The second-order valence-electron chi connectivity index (χ2n) is 4.67. The maximum absolute atomic E-state index is 6.24. The Morgan fingerprint density at radius 1 is 1.30 bits per heavy atom. The molecule has 0 spiro atoms. The molecule has 1 aromatic carbocycles. The summed E-state index contributed by atoms with van der Waals surface area (Å²) in [5, 5.41) is 5.21. The Labute approximate surface area is 126 Å². The minimum atomic E-state index is 0.253. The lowest BCUT2D eigenvalue weighted by Crippen LogP contribution is -1.96. The minimum Gasteiger partial charge on any atom is -0.360 e. The molecule has 3 rings (SSSR count). The molecule has 4 nitrogen and oxygen atoms in total. The van der Waals surface area contributed by atoms with E-state index in [9.17, 15) is 0 Å². The first-order chi connectivity index (χ1) is 9.72. The first-order valence-corrected chi connectivity index (χ1v) is 7.06. The van der Waals surface area contributed by atoms with E-state index < -0.39 is 0 Å². The van der Waals surface area contributed by atoms with E-state index in [0.29, 0.717) is 27.2 Å². The highest BCUT2D eigenvalue weighted by Gasteiger charge is 2.33. The molecule has 20 heavy (non-hydrogen) atoms. The molecular formula is C14H13Cl2NO3. The van der Waals surface area contributed by atoms with Crippen LogP contribution in [0.3, 0.4) is 0 Å². The maximum atomic E-state index is 6.24. The van der Waals surface area contributed by atoms with E-state index in [1.54, 1.807) is 18.2 Å². The Morgan fingerprint density at radius 2 is 2.00 bits per heavy atom. The second kappa shape index (κ2) is 5.74. The van der Waals surface area contributed by atoms with E-state index in [4.69, 9.17) is 32.6 Å². The number of nitrogens with zero attached hydrogens (tertiary/aromatic N) is 1. The van der Waals surface area contributed by atoms with Gasteiger partial charge in [-0.1, -0.05) is 34.4 Å². The third-order valence-corrected chi connectivity index (χ3v) is 3.92. The van der Waals surface area contributed by atoms with Crippen LogP contribution in [0.4, 0.5) is 0 Å². The smallest absolute Gasteiger partial charge is 0.146 e. The van der Waals surface area contributed by atoms with Gasteiger partial charge in [-0.05, 0) is 25.0 Å². The van der Waals surface area contributed by atoms with Crippen molar-refractivity contribution in [3.63, 3.8) is 0 Å². The zero-order valence-electron chi connectivity index (χ0n) is 10.9. The third-order valence-electron chi connectivity index (χ3n) is 3.29. The van der Waals surface area contributed by atoms with Crippen molar-refractivity contribution < 1.29 is 14.3 Å². The number of hydrogen-bond acceptors (Lipinski definition) is 4. The van der Waals surface area contributed by atoms with Crippen LogP contribution in [0.5, 0.6) is 0 Å². The first-order valence-electron chi connectivity index (χ1n) is 6.30. The first kappa shape index (κ1) is 13.9. The molecule has 0 atom stereocenters. The topological polar surface area (TPSA) is 44.5 Å². The van der Waals surface area contributed by atoms with Crippen molar-refractivity contribution in [3.8, 4) is 11.3 Å². The van der Waals surface area contributed by atoms with Crippen LogP contribution in [0, 0.1) is 0 Å². The molecule has 1 saturated carbocycles. The average Bonchev–Trinajstić information content (AvgIpc) is 3.19. The summed E-state index contributed by atoms with van der Waals surface area (Å²) in [6.45, 7) is 0.253. The number of rotatable bonds is 5. The van der Waals surface area contributed by atoms with Crippen molar-refractivity contribution in [1.29, 1.82) is 0 Å². The number of hydrogen-bond donors (Lipinski definition) is 0. The van der Waals surface area contributed by atoms with Gasteiger partial charge in [0.05, 0.1) is 22.7 Å². The van der Waals surface area contributed by atoms with E-state index in [1.807, 2.05) is 0 Å². The van der Waals surface area contributed by atoms with Crippen LogP contribution in [0.15, 0.2) is 22.7 Å². The van der Waals surface area contributed by atoms with Gasteiger partial charge in [-0.25, -0.2) is 9.78 Å². The highest BCUT2D eigenvalue weighted by atomic mass is 35.5. The number of halogens is 2. The van der Waals surface area contributed by atoms with Gasteiger partial charge >= 0.3 is 0 Å². The minimum absolute atomic E-state index is 0.253. The molecule has 1 heterocycles. The predicted molar refractivity (Wildman–Crippen MR) is 75.7 cm³/mol. The zero-order valence-corrected chi connectivity index (χ0v) is 12.4. The molecule has 0 saturated heterocycles. The number of benzene rings is 1. The Balaban J connectivity index is 2.08. The molecule has 1 aliphatic rings. The van der Waals surface area contributed by atoms with Crippen molar-refractivity contribution in [1.82, 2.24) is 5.16 Å². The van der Waals surface area contributed by atoms with Gasteiger partial charge in [0.1, 0.15) is 18.1 Å². The molecule has 0 unspecified atom stereocenters. The molecule has 106 valence electrons. The normalized spacial score (nSPS) is 14.8. The summed E-state index contributed by atoms with van der Waals surface area (Å²) in [4.78, 5) is 9.74. The van der Waals surface area contributed by atoms with E-state index in [1.165, 1.54) is 7.11 Å². The van der Waals surface area contributed by atoms with Gasteiger partial charge in [-0.2, -0.15) is 0 Å². The molecule has 2 aromatic rings. The SMILES string of the molecule is COOCc1c(-c2c(Cl)cccc2Cl)noc1C1CC1. The summed E-state index contributed by atoms with van der Waals surface area (Å²) in [5.41, 5.74) is 2.14. The molecule has 1 fully saturated rings. The van der Waals surface area contributed by atoms with Crippen molar-refractivity contribution >= 4 is 23.2 Å². The van der Waals surface area contributed by atoms with Crippen LogP contribution in [0.2, 0.25) is 10.0 Å². The molecule has 0 N–H and O–H groups in total. The van der Waals surface area contributed by atoms with Gasteiger partial charge in [-0.3, -0.25) is 0 Å². The van der Waals surface area contributed by atoms with Crippen molar-refractivity contribution in [2.45, 2.75) is 25.4 Å². The fraction of sp³-hybridized carbons (Fsp3) is 0.357. The predicted octanol–water partition coefficient (Wildman–Crippen LogP) is 4.60. The molecule has 0 bridgehead atoms. The van der Waals surface area contributed by atoms with Crippen LogP contribution >= 0.6 is 23.2 Å². The van der Waals surface area contributed by atoms with Crippen LogP contribution in [-0.2, 0) is 16.4 Å². The van der Waals surface area contributed by atoms with Crippen LogP contribution in [-0.4, -0.2) is 12.3 Å². The lowest BCUT2D eigenvalue weighted by molar-refractivity contribution is -0.282. The summed E-state index contributed by atoms with van der Waals surface area (Å²) < 4.78 is 5.48. The Kier molecular flexibility index (Phi) is 3.98. The average molecular weight is 314 g/mol. The van der Waals surface area contributed by atoms with E-state index in [-0.39, 0.29) is 6.61 Å². The summed E-state index contributed by atoms with van der Waals surface area (Å²) in [6.07, 6.45) is 2.20. The Morgan fingerprint density at radius 3 is 2.60 bits per heavy atom. The second-order valence-corrected chi connectivity index (χ2v) is 5.49. The molecule has 1 aromatic heterocycles. The zero-order chi connectivity index (χ0) is 14.1. The van der Waals surface area contributed by atoms with Gasteiger partial charge < -0.3 is 4.52 Å². The molecule has 0 aliphatic heterocycles. The summed E-state index contributed by atoms with van der Waals surface area (Å²) in [7, 11) is 1.46. The van der Waals surface area contributed by atoms with Gasteiger partial charge in [0.25, 0.3) is 0 Å². The Bertz CT molecular complexity index is 603. The number of aromatic nitrogens is 1. The van der Waals surface area contributed by atoms with Crippen molar-refractivity contribution in [3.05, 3.63) is 39.6 Å². The molecule has 6 heteroatoms. The summed E-state index contributed by atoms with van der Waals surface area (Å²) in [6, 6.07) is 5.34. The molecule has 1 aliphatic carbocycles. The third kappa shape index (κ3) is 2.56. The summed E-state index contributed by atoms with van der Waals surface area (Å²) in [5.74, 6) is 1.25. The van der Waals surface area contributed by atoms with Crippen LogP contribution in [0.1, 0.15) is 30.1 Å². The summed E-state index contributed by atoms with van der Waals surface area (Å²) >= 11 is 12.5. The fourth-order valence-electron chi connectivity index (χ4n) is 2.17. The van der Waals surface area contributed by atoms with Crippen LogP contribution < -0.4 is 0 Å². The maximum Gasteiger partial charge on any atom is 0.146 e. The lowest BCUT2D eigenvalue weighted by Gasteiger charge is -2.06. The Hall–Kier alpha value is -1.07. The highest BCUT2D eigenvalue weighted by Crippen LogP contribution is 2.45. The molecular weight excluding hydrogens is 301 g/mol. The quantitative estimate of drug-likeness (QED) is 0.597. The van der Waals surface area contributed by atoms with Crippen LogP contribution in [0.25, 0.3) is 11.3 Å². The fourth-order valence-corrected chi connectivity index (χ4v) is 2.74. The van der Waals surface area contributed by atoms with Gasteiger partial charge in [0.2, 0.25) is 0 Å². The highest BCUT2D eigenvalue weighted by molar-refractivity contribution is 6.39. The van der Waals surface area contributed by atoms with E-state index in [2.05, 4.69) is 10.0 Å². The molecule has 0 amide bonds. The van der Waals surface area contributed by atoms with Gasteiger partial charge in [0.15, 0.2) is 0 Å². The lowest BCUT2D eigenvalue weighted by atomic mass is 10.0. The molecule has 0 radical (unpaired) electrons. The standard InChI is InChI=1S/C14H13Cl2NO3/c1-18-19-7-9-13(17-20-14(9)8-5-6-8)12-10(15)3-2-4-11(12)16/h2-4,8H,5-7H2,1H3. The van der Waals surface area contributed by atoms with Gasteiger partial charge in [0, 0.05) is 11.5 Å². The van der Waals surface area contributed by atoms with E-state index in [0.717, 1.165) is 24.2 Å². The van der Waals surface area contributed by atoms with E-state index >= 15 is 0 Å². The van der Waals surface area contributed by atoms with Gasteiger partial charge in [-0.15, -0.1) is 0 Å². The monoisotopic (exact) mass is 313 g/mol. The van der Waals surface area contributed by atoms with Crippen molar-refractivity contribution in [2.75, 3.05) is 7.11 Å².